The highest BCUT2D eigenvalue weighted by atomic mass is 16.6. The van der Waals surface area contributed by atoms with Gasteiger partial charge in [0.05, 0.1) is 0 Å². The fourth-order valence-electron chi connectivity index (χ4n) is 5.84. The molecule has 4 rings (SSSR count). The van der Waals surface area contributed by atoms with E-state index in [2.05, 4.69) is 101 Å². The molecule has 0 saturated heterocycles. The molecule has 0 heterocycles. The summed E-state index contributed by atoms with van der Waals surface area (Å²) in [5.41, 5.74) is 11.2. The Morgan fingerprint density at radius 2 is 0.900 bits per heavy atom. The first-order valence-corrected chi connectivity index (χ1v) is 16.5. The summed E-state index contributed by atoms with van der Waals surface area (Å²) in [7, 11) is 0. The number of benzene rings is 4. The third-order valence-corrected chi connectivity index (χ3v) is 8.86. The van der Waals surface area contributed by atoms with Crippen LogP contribution in [0.15, 0.2) is 111 Å². The molecule has 0 spiro atoms. The van der Waals surface area contributed by atoms with Crippen molar-refractivity contribution in [1.82, 2.24) is 0 Å². The molecule has 3 atom stereocenters. The van der Waals surface area contributed by atoms with Gasteiger partial charge in [0.15, 0.2) is 0 Å². The second-order valence-corrected chi connectivity index (χ2v) is 12.3. The van der Waals surface area contributed by atoms with Gasteiger partial charge >= 0.3 is 17.9 Å². The zero-order valence-corrected chi connectivity index (χ0v) is 29.9. The Labute approximate surface area is 295 Å². The molecule has 50 heavy (non-hydrogen) atoms. The van der Waals surface area contributed by atoms with Crippen molar-refractivity contribution < 1.29 is 28.6 Å². The molecule has 0 fully saturated rings. The number of aryl methyl sites for hydroxylation is 4. The Bertz CT molecular complexity index is 1840. The maximum absolute atomic E-state index is 12.3. The molecular weight excluding hydrogens is 626 g/mol. The fraction of sp³-hybridized carbons (Fsp3) is 0.233. The van der Waals surface area contributed by atoms with Crippen LogP contribution in [0.25, 0.3) is 11.1 Å². The van der Waals surface area contributed by atoms with Gasteiger partial charge < -0.3 is 19.1 Å². The molecule has 258 valence electrons. The number of carbonyl (C=O) groups is 3. The SMILES string of the molecule is C=CC(=O)OC(C)c1cc(-c2ccc(N(c3ccc(C)c(C)c3)c3ccc(C)c(C)c3)cc2)cc(C(C)OC(=O)C=C)c1C(C)OC(=O)C=C. The molecule has 0 N–H and O–H groups in total. The number of anilines is 3. The highest BCUT2D eigenvalue weighted by Crippen LogP contribution is 2.41. The van der Waals surface area contributed by atoms with Crippen LogP contribution in [0.1, 0.15) is 78.0 Å². The molecule has 0 saturated carbocycles. The van der Waals surface area contributed by atoms with Crippen LogP contribution in [-0.4, -0.2) is 17.9 Å². The third-order valence-electron chi connectivity index (χ3n) is 8.86. The maximum atomic E-state index is 12.3. The number of ether oxygens (including phenoxy) is 3. The summed E-state index contributed by atoms with van der Waals surface area (Å²) < 4.78 is 17.0. The lowest BCUT2D eigenvalue weighted by Crippen LogP contribution is -2.18. The molecule has 4 aromatic rings. The minimum absolute atomic E-state index is 0.546. The Balaban J connectivity index is 1.91. The average molecular weight is 672 g/mol. The average Bonchev–Trinajstić information content (AvgIpc) is 3.10. The largest absolute Gasteiger partial charge is 0.455 e. The Morgan fingerprint density at radius 1 is 0.520 bits per heavy atom. The Morgan fingerprint density at radius 3 is 1.28 bits per heavy atom. The first kappa shape index (κ1) is 37.1. The number of carbonyl (C=O) groups excluding carboxylic acids is 3. The van der Waals surface area contributed by atoms with Crippen molar-refractivity contribution in [1.29, 1.82) is 0 Å². The predicted molar refractivity (Wildman–Crippen MR) is 200 cm³/mol. The van der Waals surface area contributed by atoms with Crippen molar-refractivity contribution in [2.24, 2.45) is 0 Å². The lowest BCUT2D eigenvalue weighted by atomic mass is 9.87. The van der Waals surface area contributed by atoms with Gasteiger partial charge in [-0.3, -0.25) is 0 Å². The highest BCUT2D eigenvalue weighted by Gasteiger charge is 2.28. The van der Waals surface area contributed by atoms with Crippen molar-refractivity contribution in [3.63, 3.8) is 0 Å². The fourth-order valence-corrected chi connectivity index (χ4v) is 5.84. The van der Waals surface area contributed by atoms with Crippen LogP contribution in [-0.2, 0) is 28.6 Å². The van der Waals surface area contributed by atoms with Crippen molar-refractivity contribution in [2.45, 2.75) is 66.8 Å². The van der Waals surface area contributed by atoms with E-state index in [1.807, 2.05) is 24.3 Å². The number of hydrogen-bond donors (Lipinski definition) is 0. The van der Waals surface area contributed by atoms with Gasteiger partial charge in [-0.15, -0.1) is 0 Å². The molecule has 0 radical (unpaired) electrons. The number of hydrogen-bond acceptors (Lipinski definition) is 7. The molecule has 3 unspecified atom stereocenters. The van der Waals surface area contributed by atoms with Crippen molar-refractivity contribution in [3.8, 4) is 11.1 Å². The lowest BCUT2D eigenvalue weighted by Gasteiger charge is -2.28. The topological polar surface area (TPSA) is 82.1 Å². The van der Waals surface area contributed by atoms with Gasteiger partial charge in [0, 0.05) is 52.0 Å². The van der Waals surface area contributed by atoms with E-state index in [-0.39, 0.29) is 0 Å². The van der Waals surface area contributed by atoms with Crippen LogP contribution in [0, 0.1) is 27.7 Å². The summed E-state index contributed by atoms with van der Waals surface area (Å²) in [5.74, 6) is -1.85. The van der Waals surface area contributed by atoms with E-state index in [9.17, 15) is 14.4 Å². The van der Waals surface area contributed by atoms with E-state index in [1.165, 1.54) is 22.3 Å². The van der Waals surface area contributed by atoms with Gasteiger partial charge in [0.25, 0.3) is 0 Å². The second kappa shape index (κ2) is 16.1. The van der Waals surface area contributed by atoms with Crippen LogP contribution in [0.4, 0.5) is 17.1 Å². The monoisotopic (exact) mass is 671 g/mol. The lowest BCUT2D eigenvalue weighted by molar-refractivity contribution is -0.145. The van der Waals surface area contributed by atoms with E-state index in [1.54, 1.807) is 20.8 Å². The van der Waals surface area contributed by atoms with E-state index in [0.717, 1.165) is 46.4 Å². The summed E-state index contributed by atoms with van der Waals surface area (Å²) >= 11 is 0. The minimum Gasteiger partial charge on any atom is -0.455 e. The van der Waals surface area contributed by atoms with Crippen LogP contribution in [0.5, 0.6) is 0 Å². The second-order valence-electron chi connectivity index (χ2n) is 12.3. The van der Waals surface area contributed by atoms with E-state index < -0.39 is 36.2 Å². The standard InChI is InChI=1S/C43H45NO6/c1-11-40(45)48-30(8)38-24-34(25-39(31(9)49-41(46)12-2)43(38)32(10)50-42(47)13-3)33-16-20-35(21-17-33)44(36-18-14-26(4)28(6)22-36)37-19-15-27(5)29(7)23-37/h11-25,30-32H,1-3H2,4-10H3. The van der Waals surface area contributed by atoms with Gasteiger partial charge in [0.1, 0.15) is 18.3 Å². The Kier molecular flexibility index (Phi) is 12.0. The molecule has 0 bridgehead atoms. The first-order chi connectivity index (χ1) is 23.8. The number of nitrogens with zero attached hydrogens (tertiary/aromatic N) is 1. The molecule has 0 aliphatic rings. The highest BCUT2D eigenvalue weighted by molar-refractivity contribution is 5.83. The van der Waals surface area contributed by atoms with Gasteiger partial charge in [-0.2, -0.15) is 0 Å². The summed E-state index contributed by atoms with van der Waals surface area (Å²) in [6.07, 6.45) is 0.906. The van der Waals surface area contributed by atoms with E-state index >= 15 is 0 Å². The van der Waals surface area contributed by atoms with Crippen LogP contribution >= 0.6 is 0 Å². The third kappa shape index (κ3) is 8.47. The maximum Gasteiger partial charge on any atom is 0.330 e. The molecule has 0 aliphatic heterocycles. The number of esters is 3. The van der Waals surface area contributed by atoms with E-state index in [4.69, 9.17) is 14.2 Å². The van der Waals surface area contributed by atoms with Crippen LogP contribution in [0.3, 0.4) is 0 Å². The Hall–Kier alpha value is -5.69. The molecule has 4 aromatic carbocycles. The van der Waals surface area contributed by atoms with Gasteiger partial charge in [-0.1, -0.05) is 44.0 Å². The summed E-state index contributed by atoms with van der Waals surface area (Å²) in [4.78, 5) is 39.2. The summed E-state index contributed by atoms with van der Waals surface area (Å²) in [5, 5.41) is 0. The van der Waals surface area contributed by atoms with E-state index in [0.29, 0.717) is 16.7 Å². The quantitative estimate of drug-likeness (QED) is 0.0795. The van der Waals surface area contributed by atoms with Crippen LogP contribution in [0.2, 0.25) is 0 Å². The number of rotatable bonds is 13. The zero-order chi connectivity index (χ0) is 36.7. The molecule has 0 amide bonds. The smallest absolute Gasteiger partial charge is 0.330 e. The van der Waals surface area contributed by atoms with Gasteiger partial charge in [-0.05, 0) is 130 Å². The normalized spacial score (nSPS) is 12.5. The minimum atomic E-state index is -0.804. The summed E-state index contributed by atoms with van der Waals surface area (Å²) in [6, 6.07) is 24.9. The van der Waals surface area contributed by atoms with Crippen molar-refractivity contribution >= 4 is 35.0 Å². The molecule has 7 nitrogen and oxygen atoms in total. The summed E-state index contributed by atoms with van der Waals surface area (Å²) in [6.45, 7) is 24.1. The van der Waals surface area contributed by atoms with Crippen molar-refractivity contribution in [2.75, 3.05) is 4.90 Å². The molecule has 0 aromatic heterocycles. The van der Waals surface area contributed by atoms with Crippen molar-refractivity contribution in [3.05, 3.63) is 150 Å². The molecular formula is C43H45NO6. The molecule has 7 heteroatoms. The molecule has 0 aliphatic carbocycles. The van der Waals surface area contributed by atoms with Gasteiger partial charge in [0.2, 0.25) is 0 Å². The van der Waals surface area contributed by atoms with Gasteiger partial charge in [-0.25, -0.2) is 14.4 Å². The predicted octanol–water partition coefficient (Wildman–Crippen LogP) is 10.4. The zero-order valence-electron chi connectivity index (χ0n) is 29.9. The first-order valence-electron chi connectivity index (χ1n) is 16.5. The van der Waals surface area contributed by atoms with Crippen LogP contribution < -0.4 is 4.90 Å².